The Morgan fingerprint density at radius 1 is 1.37 bits per heavy atom. The zero-order valence-electron chi connectivity index (χ0n) is 10.7. The third-order valence-corrected chi connectivity index (χ3v) is 3.84. The van der Waals surface area contributed by atoms with Gasteiger partial charge in [0.2, 0.25) is 5.91 Å². The number of likely N-dealkylation sites (tertiary alicyclic amines) is 1. The molecule has 0 aromatic carbocycles. The maximum atomic E-state index is 12.3. The minimum Gasteiger partial charge on any atom is -0.369 e. The van der Waals surface area contributed by atoms with Gasteiger partial charge in [-0.25, -0.2) is 0 Å². The van der Waals surface area contributed by atoms with Crippen LogP contribution in [-0.4, -0.2) is 35.0 Å². The number of carbonyl (C=O) groups excluding carboxylic acids is 2. The highest BCUT2D eigenvalue weighted by Gasteiger charge is 2.32. The lowest BCUT2D eigenvalue weighted by atomic mass is 9.97. The topological polar surface area (TPSA) is 89.4 Å². The standard InChI is InChI=1S/C13H17N3O3/c14-12(17)9-2-1-5-16(7-9)13(18)10-6-11(19-15-10)8-3-4-8/h6,8-9H,1-5,7H2,(H2,14,17). The number of aromatic nitrogens is 1. The van der Waals surface area contributed by atoms with Crippen molar-refractivity contribution >= 4 is 11.8 Å². The van der Waals surface area contributed by atoms with Crippen molar-refractivity contribution in [2.24, 2.45) is 11.7 Å². The van der Waals surface area contributed by atoms with Crippen LogP contribution in [0.3, 0.4) is 0 Å². The summed E-state index contributed by atoms with van der Waals surface area (Å²) in [5.74, 6) is 0.492. The molecule has 1 saturated carbocycles. The molecule has 1 unspecified atom stereocenters. The number of hydrogen-bond donors (Lipinski definition) is 1. The first-order valence-electron chi connectivity index (χ1n) is 6.70. The van der Waals surface area contributed by atoms with Crippen LogP contribution >= 0.6 is 0 Å². The normalized spacial score (nSPS) is 23.4. The first kappa shape index (κ1) is 12.2. The number of hydrogen-bond acceptors (Lipinski definition) is 4. The van der Waals surface area contributed by atoms with E-state index in [1.54, 1.807) is 11.0 Å². The molecule has 0 radical (unpaired) electrons. The molecule has 2 heterocycles. The summed E-state index contributed by atoms with van der Waals surface area (Å²) in [6, 6.07) is 1.73. The van der Waals surface area contributed by atoms with Crippen LogP contribution in [0.2, 0.25) is 0 Å². The molecular formula is C13H17N3O3. The summed E-state index contributed by atoms with van der Waals surface area (Å²) in [6.45, 7) is 1.04. The van der Waals surface area contributed by atoms with Crippen molar-refractivity contribution in [3.63, 3.8) is 0 Å². The van der Waals surface area contributed by atoms with Crippen molar-refractivity contribution in [3.05, 3.63) is 17.5 Å². The minimum atomic E-state index is -0.337. The van der Waals surface area contributed by atoms with Crippen LogP contribution in [0.5, 0.6) is 0 Å². The highest BCUT2D eigenvalue weighted by molar-refractivity contribution is 5.92. The van der Waals surface area contributed by atoms with Gasteiger partial charge in [-0.2, -0.15) is 0 Å². The Morgan fingerprint density at radius 3 is 2.84 bits per heavy atom. The molecule has 2 N–H and O–H groups in total. The average molecular weight is 263 g/mol. The van der Waals surface area contributed by atoms with E-state index >= 15 is 0 Å². The van der Waals surface area contributed by atoms with Gasteiger partial charge in [-0.1, -0.05) is 5.16 Å². The van der Waals surface area contributed by atoms with Crippen molar-refractivity contribution in [1.82, 2.24) is 10.1 Å². The van der Waals surface area contributed by atoms with Gasteiger partial charge in [-0.3, -0.25) is 9.59 Å². The van der Waals surface area contributed by atoms with E-state index in [-0.39, 0.29) is 17.7 Å². The number of rotatable bonds is 3. The van der Waals surface area contributed by atoms with Crippen LogP contribution in [0.1, 0.15) is 47.8 Å². The maximum absolute atomic E-state index is 12.3. The van der Waals surface area contributed by atoms with Gasteiger partial charge in [0.15, 0.2) is 5.69 Å². The van der Waals surface area contributed by atoms with E-state index in [0.29, 0.717) is 24.7 Å². The third kappa shape index (κ3) is 2.47. The SMILES string of the molecule is NC(=O)C1CCCN(C(=O)c2cc(C3CC3)on2)C1. The van der Waals surface area contributed by atoms with Crippen molar-refractivity contribution < 1.29 is 14.1 Å². The lowest BCUT2D eigenvalue weighted by Crippen LogP contribution is -2.44. The van der Waals surface area contributed by atoms with E-state index in [4.69, 9.17) is 10.3 Å². The summed E-state index contributed by atoms with van der Waals surface area (Å²) in [7, 11) is 0. The van der Waals surface area contributed by atoms with Gasteiger partial charge in [-0.05, 0) is 25.7 Å². The second kappa shape index (κ2) is 4.68. The largest absolute Gasteiger partial charge is 0.369 e. The number of primary amides is 1. The number of nitrogens with two attached hydrogens (primary N) is 1. The summed E-state index contributed by atoms with van der Waals surface area (Å²) in [4.78, 5) is 25.1. The summed E-state index contributed by atoms with van der Waals surface area (Å²) >= 11 is 0. The van der Waals surface area contributed by atoms with Gasteiger partial charge < -0.3 is 15.2 Å². The molecule has 2 fully saturated rings. The van der Waals surface area contributed by atoms with Crippen LogP contribution in [0, 0.1) is 5.92 Å². The van der Waals surface area contributed by atoms with Crippen LogP contribution in [-0.2, 0) is 4.79 Å². The molecule has 3 rings (SSSR count). The van der Waals surface area contributed by atoms with Crippen molar-refractivity contribution in [2.75, 3.05) is 13.1 Å². The number of piperidine rings is 1. The van der Waals surface area contributed by atoms with Gasteiger partial charge in [-0.15, -0.1) is 0 Å². The Morgan fingerprint density at radius 2 is 2.16 bits per heavy atom. The smallest absolute Gasteiger partial charge is 0.276 e. The number of nitrogens with zero attached hydrogens (tertiary/aromatic N) is 2. The Hall–Kier alpha value is -1.85. The molecule has 1 aromatic heterocycles. The van der Waals surface area contributed by atoms with Crippen LogP contribution in [0.25, 0.3) is 0 Å². The predicted octanol–water partition coefficient (Wildman–Crippen LogP) is 0.889. The van der Waals surface area contributed by atoms with Crippen LogP contribution in [0.4, 0.5) is 0 Å². The molecule has 6 nitrogen and oxygen atoms in total. The van der Waals surface area contributed by atoms with Crippen LogP contribution in [0.15, 0.2) is 10.6 Å². The summed E-state index contributed by atoms with van der Waals surface area (Å²) < 4.78 is 5.19. The molecule has 102 valence electrons. The fraction of sp³-hybridized carbons (Fsp3) is 0.615. The molecule has 1 atom stereocenters. The van der Waals surface area contributed by atoms with E-state index in [9.17, 15) is 9.59 Å². The Labute approximate surface area is 110 Å². The molecule has 2 amide bonds. The monoisotopic (exact) mass is 263 g/mol. The maximum Gasteiger partial charge on any atom is 0.276 e. The second-order valence-corrected chi connectivity index (χ2v) is 5.38. The summed E-state index contributed by atoms with van der Waals surface area (Å²) in [6.07, 6.45) is 3.77. The van der Waals surface area contributed by atoms with Gasteiger partial charge in [0.25, 0.3) is 5.91 Å². The van der Waals surface area contributed by atoms with E-state index < -0.39 is 0 Å². The zero-order chi connectivity index (χ0) is 13.4. The Kier molecular flexibility index (Phi) is 3.00. The van der Waals surface area contributed by atoms with E-state index in [0.717, 1.165) is 31.4 Å². The van der Waals surface area contributed by atoms with E-state index in [1.165, 1.54) is 0 Å². The molecule has 19 heavy (non-hydrogen) atoms. The summed E-state index contributed by atoms with van der Waals surface area (Å²) in [5, 5.41) is 3.84. The second-order valence-electron chi connectivity index (χ2n) is 5.38. The minimum absolute atomic E-state index is 0.165. The molecule has 1 aliphatic carbocycles. The molecule has 2 aliphatic rings. The quantitative estimate of drug-likeness (QED) is 0.877. The first-order valence-corrected chi connectivity index (χ1v) is 6.70. The van der Waals surface area contributed by atoms with Gasteiger partial charge in [0.05, 0.1) is 5.92 Å². The predicted molar refractivity (Wildman–Crippen MR) is 66.3 cm³/mol. The lowest BCUT2D eigenvalue weighted by Gasteiger charge is -2.30. The first-order chi connectivity index (χ1) is 9.15. The molecule has 1 saturated heterocycles. The van der Waals surface area contributed by atoms with Gasteiger partial charge in [0, 0.05) is 25.1 Å². The summed E-state index contributed by atoms with van der Waals surface area (Å²) in [5.41, 5.74) is 5.65. The molecule has 0 spiro atoms. The lowest BCUT2D eigenvalue weighted by molar-refractivity contribution is -0.123. The molecule has 1 aromatic rings. The molecular weight excluding hydrogens is 246 g/mol. The van der Waals surface area contributed by atoms with Crippen molar-refractivity contribution in [3.8, 4) is 0 Å². The molecule has 1 aliphatic heterocycles. The number of amides is 2. The van der Waals surface area contributed by atoms with Crippen LogP contribution < -0.4 is 5.73 Å². The van der Waals surface area contributed by atoms with Gasteiger partial charge in [0.1, 0.15) is 5.76 Å². The third-order valence-electron chi connectivity index (χ3n) is 3.84. The zero-order valence-corrected chi connectivity index (χ0v) is 10.7. The van der Waals surface area contributed by atoms with E-state index in [2.05, 4.69) is 5.16 Å². The Balaban J connectivity index is 1.69. The highest BCUT2D eigenvalue weighted by Crippen LogP contribution is 2.40. The average Bonchev–Trinajstić information content (AvgIpc) is 3.16. The fourth-order valence-electron chi connectivity index (χ4n) is 2.51. The highest BCUT2D eigenvalue weighted by atomic mass is 16.5. The van der Waals surface area contributed by atoms with Crippen molar-refractivity contribution in [2.45, 2.75) is 31.6 Å². The van der Waals surface area contributed by atoms with Crippen molar-refractivity contribution in [1.29, 1.82) is 0 Å². The fourth-order valence-corrected chi connectivity index (χ4v) is 2.51. The van der Waals surface area contributed by atoms with Gasteiger partial charge >= 0.3 is 0 Å². The molecule has 6 heteroatoms. The molecule has 0 bridgehead atoms. The Bertz CT molecular complexity index is 507. The van der Waals surface area contributed by atoms with E-state index in [1.807, 2.05) is 0 Å². The number of carbonyl (C=O) groups is 2.